The quantitative estimate of drug-likeness (QED) is 0.167. The van der Waals surface area contributed by atoms with Crippen molar-refractivity contribution in [3.05, 3.63) is 107 Å². The number of likely N-dealkylation sites (tertiary alicyclic amines) is 2. The van der Waals surface area contributed by atoms with E-state index in [1.807, 2.05) is 30.0 Å². The number of aliphatic carboxylic acids is 1. The number of ether oxygens (including phenoxy) is 3. The summed E-state index contributed by atoms with van der Waals surface area (Å²) in [6.45, 7) is 10.9. The SMILES string of the molecule is Cc1cc(OCC2(OCCCN3CC[C@@H](O)C3)C=CC=C(c3ccccc3)C2(C)C)cc(OCc2cncc(C#N)c2)c1CN1CCCC[C@H]1C(=O)O. The van der Waals surface area contributed by atoms with Crippen molar-refractivity contribution in [3.63, 3.8) is 0 Å². The second kappa shape index (κ2) is 17.1. The number of aryl methyl sites for hydroxylation is 1. The van der Waals surface area contributed by atoms with Crippen LogP contribution < -0.4 is 9.47 Å². The Balaban J connectivity index is 1.28. The molecule has 3 heterocycles. The van der Waals surface area contributed by atoms with E-state index in [4.69, 9.17) is 14.2 Å². The second-order valence-corrected chi connectivity index (χ2v) is 15.1. The Hall–Kier alpha value is -4.53. The molecular weight excluding hydrogens is 668 g/mol. The van der Waals surface area contributed by atoms with Crippen LogP contribution in [0.15, 0.2) is 79.2 Å². The Morgan fingerprint density at radius 2 is 1.91 bits per heavy atom. The van der Waals surface area contributed by atoms with E-state index in [1.54, 1.807) is 12.3 Å². The number of benzene rings is 2. The molecule has 10 nitrogen and oxygen atoms in total. The lowest BCUT2D eigenvalue weighted by molar-refractivity contribution is -0.144. The van der Waals surface area contributed by atoms with E-state index in [9.17, 15) is 20.3 Å². The summed E-state index contributed by atoms with van der Waals surface area (Å²) in [7, 11) is 0. The number of hydrogen-bond donors (Lipinski definition) is 2. The predicted octanol–water partition coefficient (Wildman–Crippen LogP) is 6.55. The van der Waals surface area contributed by atoms with E-state index < -0.39 is 23.0 Å². The van der Waals surface area contributed by atoms with Gasteiger partial charge in [0.05, 0.1) is 11.7 Å². The standard InChI is InChI=1S/C43H52N4O6/c1-31-21-36(23-40(51-29-33-22-32(24-44)25-45-26-33)37(31)28-47-18-8-7-14-39(47)41(49)50)52-30-43(53-20-10-17-46-19-15-35(48)27-46)16-9-13-38(42(43,2)3)34-11-5-4-6-12-34/h4-6,9,11-13,16,21-23,25-26,35,39,48H,7-8,10,14-15,17-20,27-30H2,1-3H3,(H,49,50)/t35-,39+,43?/m1/s1. The number of carboxylic acid groups (broad SMARTS) is 1. The fourth-order valence-corrected chi connectivity index (χ4v) is 7.89. The number of nitrogens with zero attached hydrogens (tertiary/aromatic N) is 4. The van der Waals surface area contributed by atoms with Gasteiger partial charge in [0, 0.05) is 67.8 Å². The van der Waals surface area contributed by atoms with Crippen molar-refractivity contribution in [2.75, 3.05) is 39.4 Å². The first-order valence-corrected chi connectivity index (χ1v) is 18.8. The molecule has 2 fully saturated rings. The zero-order chi connectivity index (χ0) is 37.4. The molecule has 3 atom stereocenters. The third-order valence-electron chi connectivity index (χ3n) is 11.1. The van der Waals surface area contributed by atoms with Gasteiger partial charge in [-0.1, -0.05) is 62.8 Å². The molecule has 53 heavy (non-hydrogen) atoms. The summed E-state index contributed by atoms with van der Waals surface area (Å²) in [4.78, 5) is 20.7. The average Bonchev–Trinajstić information content (AvgIpc) is 3.58. The predicted molar refractivity (Wildman–Crippen MR) is 203 cm³/mol. The minimum absolute atomic E-state index is 0.183. The van der Waals surface area contributed by atoms with Crippen molar-refractivity contribution in [1.82, 2.24) is 14.8 Å². The van der Waals surface area contributed by atoms with Crippen LogP contribution in [0.2, 0.25) is 0 Å². The molecule has 10 heteroatoms. The number of carbonyl (C=O) groups is 1. The monoisotopic (exact) mass is 720 g/mol. The van der Waals surface area contributed by atoms with Gasteiger partial charge in [-0.3, -0.25) is 14.7 Å². The highest BCUT2D eigenvalue weighted by Crippen LogP contribution is 2.49. The Kier molecular flexibility index (Phi) is 12.3. The minimum atomic E-state index is -0.809. The van der Waals surface area contributed by atoms with Gasteiger partial charge in [-0.05, 0) is 74.1 Å². The third kappa shape index (κ3) is 8.99. The number of β-amino-alcohol motifs (C(OH)–C–C–N with tert-alkyl or cyclic N) is 1. The maximum atomic E-state index is 12.2. The van der Waals surface area contributed by atoms with Gasteiger partial charge in [0.2, 0.25) is 0 Å². The summed E-state index contributed by atoms with van der Waals surface area (Å²) in [5.74, 6) is 0.412. The molecule has 1 unspecified atom stereocenters. The Morgan fingerprint density at radius 3 is 2.66 bits per heavy atom. The number of rotatable bonds is 15. The Morgan fingerprint density at radius 1 is 1.08 bits per heavy atom. The third-order valence-corrected chi connectivity index (χ3v) is 11.1. The number of aromatic nitrogens is 1. The zero-order valence-corrected chi connectivity index (χ0v) is 31.2. The number of carboxylic acids is 1. The van der Waals surface area contributed by atoms with Gasteiger partial charge >= 0.3 is 5.97 Å². The highest BCUT2D eigenvalue weighted by Gasteiger charge is 2.49. The molecule has 280 valence electrons. The van der Waals surface area contributed by atoms with Crippen molar-refractivity contribution < 1.29 is 29.2 Å². The Labute approximate surface area is 313 Å². The molecule has 3 aliphatic rings. The molecule has 2 saturated heterocycles. The van der Waals surface area contributed by atoms with Gasteiger partial charge in [0.1, 0.15) is 42.4 Å². The number of aliphatic hydroxyl groups is 1. The first kappa shape index (κ1) is 38.2. The molecule has 1 aliphatic carbocycles. The van der Waals surface area contributed by atoms with Gasteiger partial charge < -0.3 is 29.3 Å². The second-order valence-electron chi connectivity index (χ2n) is 15.1. The number of aliphatic hydroxyl groups excluding tert-OH is 1. The van der Waals surface area contributed by atoms with Crippen LogP contribution in [0.4, 0.5) is 0 Å². The number of hydrogen-bond acceptors (Lipinski definition) is 9. The fourth-order valence-electron chi connectivity index (χ4n) is 7.89. The lowest BCUT2D eigenvalue weighted by Crippen LogP contribution is -2.52. The van der Waals surface area contributed by atoms with Crippen LogP contribution in [0, 0.1) is 23.7 Å². The molecule has 2 N–H and O–H groups in total. The lowest BCUT2D eigenvalue weighted by atomic mass is 9.65. The van der Waals surface area contributed by atoms with E-state index >= 15 is 0 Å². The molecule has 1 aromatic heterocycles. The molecule has 0 spiro atoms. The summed E-state index contributed by atoms with van der Waals surface area (Å²) < 4.78 is 20.1. The van der Waals surface area contributed by atoms with E-state index in [0.717, 1.165) is 66.6 Å². The molecule has 2 aromatic carbocycles. The molecule has 0 saturated carbocycles. The summed E-state index contributed by atoms with van der Waals surface area (Å²) in [5.41, 5.74) is 4.05. The summed E-state index contributed by atoms with van der Waals surface area (Å²) in [6.07, 6.45) is 13.4. The van der Waals surface area contributed by atoms with Gasteiger partial charge in [-0.2, -0.15) is 5.26 Å². The minimum Gasteiger partial charge on any atom is -0.490 e. The van der Waals surface area contributed by atoms with Crippen LogP contribution >= 0.6 is 0 Å². The molecule has 6 rings (SSSR count). The van der Waals surface area contributed by atoms with Crippen LogP contribution in [0.3, 0.4) is 0 Å². The molecule has 3 aromatic rings. The zero-order valence-electron chi connectivity index (χ0n) is 31.2. The van der Waals surface area contributed by atoms with Crippen LogP contribution in [0.1, 0.15) is 73.8 Å². The van der Waals surface area contributed by atoms with Crippen molar-refractivity contribution in [2.45, 2.75) is 83.8 Å². The molecule has 2 aliphatic heterocycles. The smallest absolute Gasteiger partial charge is 0.320 e. The number of allylic oxidation sites excluding steroid dienone is 2. The van der Waals surface area contributed by atoms with Crippen LogP contribution in [-0.4, -0.2) is 88.1 Å². The topological polar surface area (TPSA) is 128 Å². The van der Waals surface area contributed by atoms with Gasteiger partial charge in [0.15, 0.2) is 0 Å². The number of piperidine rings is 1. The molecular formula is C43H52N4O6. The summed E-state index contributed by atoms with van der Waals surface area (Å²) in [5, 5.41) is 29.4. The highest BCUT2D eigenvalue weighted by atomic mass is 16.5. The van der Waals surface area contributed by atoms with Crippen molar-refractivity contribution >= 4 is 11.5 Å². The van der Waals surface area contributed by atoms with Gasteiger partial charge in [0.25, 0.3) is 0 Å². The van der Waals surface area contributed by atoms with E-state index in [2.05, 4.69) is 72.3 Å². The molecule has 0 amide bonds. The van der Waals surface area contributed by atoms with Gasteiger partial charge in [-0.15, -0.1) is 0 Å². The highest BCUT2D eigenvalue weighted by molar-refractivity contribution is 5.75. The first-order chi connectivity index (χ1) is 25.6. The molecule has 0 bridgehead atoms. The molecule has 0 radical (unpaired) electrons. The lowest BCUT2D eigenvalue weighted by Gasteiger charge is -2.47. The number of pyridine rings is 1. The van der Waals surface area contributed by atoms with Crippen LogP contribution in [0.25, 0.3) is 5.57 Å². The first-order valence-electron chi connectivity index (χ1n) is 18.8. The van der Waals surface area contributed by atoms with Crippen molar-refractivity contribution in [3.8, 4) is 17.6 Å². The van der Waals surface area contributed by atoms with E-state index in [0.29, 0.717) is 49.7 Å². The van der Waals surface area contributed by atoms with Crippen LogP contribution in [-0.2, 0) is 22.7 Å². The maximum Gasteiger partial charge on any atom is 0.320 e. The summed E-state index contributed by atoms with van der Waals surface area (Å²) in [6, 6.07) is 17.6. The van der Waals surface area contributed by atoms with E-state index in [-0.39, 0.29) is 19.3 Å². The Bertz CT molecular complexity index is 1840. The average molecular weight is 721 g/mol. The van der Waals surface area contributed by atoms with E-state index in [1.165, 1.54) is 6.20 Å². The number of nitriles is 1. The fraction of sp³-hybridized carbons (Fsp3) is 0.465. The van der Waals surface area contributed by atoms with Crippen molar-refractivity contribution in [2.24, 2.45) is 5.41 Å². The van der Waals surface area contributed by atoms with Crippen molar-refractivity contribution in [1.29, 1.82) is 5.26 Å². The normalized spacial score (nSPS) is 23.0. The maximum absolute atomic E-state index is 12.2. The largest absolute Gasteiger partial charge is 0.490 e. The summed E-state index contributed by atoms with van der Waals surface area (Å²) >= 11 is 0. The van der Waals surface area contributed by atoms with Gasteiger partial charge in [-0.25, -0.2) is 0 Å². The van der Waals surface area contributed by atoms with Crippen LogP contribution in [0.5, 0.6) is 11.5 Å².